The second kappa shape index (κ2) is 6.01. The minimum Gasteiger partial charge on any atom is -0.507 e. The Labute approximate surface area is 123 Å². The Balaban J connectivity index is 3.42. The van der Waals surface area contributed by atoms with Gasteiger partial charge < -0.3 is 10.4 Å². The first-order valence-corrected chi connectivity index (χ1v) is 7.26. The summed E-state index contributed by atoms with van der Waals surface area (Å²) in [6.45, 7) is 13.7. The first-order valence-electron chi connectivity index (χ1n) is 7.26. The fourth-order valence-corrected chi connectivity index (χ4v) is 2.21. The molecule has 0 bridgehead atoms. The highest BCUT2D eigenvalue weighted by atomic mass is 16.3. The lowest BCUT2D eigenvalue weighted by Gasteiger charge is -2.27. The summed E-state index contributed by atoms with van der Waals surface area (Å²) in [7, 11) is 1.93. The van der Waals surface area contributed by atoms with Crippen LogP contribution in [0.25, 0.3) is 6.08 Å². The molecule has 1 aromatic carbocycles. The van der Waals surface area contributed by atoms with Gasteiger partial charge in [0.25, 0.3) is 0 Å². The molecule has 0 aliphatic rings. The van der Waals surface area contributed by atoms with Crippen molar-refractivity contribution in [2.75, 3.05) is 13.6 Å². The maximum Gasteiger partial charge on any atom is 0.123 e. The van der Waals surface area contributed by atoms with Gasteiger partial charge in [-0.25, -0.2) is 0 Å². The first-order chi connectivity index (χ1) is 9.07. The largest absolute Gasteiger partial charge is 0.507 e. The normalized spacial score (nSPS) is 13.2. The molecule has 0 radical (unpaired) electrons. The molecule has 20 heavy (non-hydrogen) atoms. The molecule has 0 unspecified atom stereocenters. The number of phenolic OH excluding ortho intramolecular Hbond substituents is 1. The summed E-state index contributed by atoms with van der Waals surface area (Å²) in [6, 6.07) is 4.19. The molecule has 0 aliphatic carbocycles. The van der Waals surface area contributed by atoms with E-state index in [2.05, 4.69) is 71.1 Å². The number of benzene rings is 1. The molecule has 0 aromatic heterocycles. The molecule has 0 amide bonds. The van der Waals surface area contributed by atoms with Crippen molar-refractivity contribution in [3.63, 3.8) is 0 Å². The van der Waals surface area contributed by atoms with Gasteiger partial charge in [0.05, 0.1) is 0 Å². The number of hydrogen-bond acceptors (Lipinski definition) is 2. The van der Waals surface area contributed by atoms with Gasteiger partial charge in [-0.3, -0.25) is 0 Å². The molecule has 1 aromatic rings. The van der Waals surface area contributed by atoms with Crippen LogP contribution < -0.4 is 5.32 Å². The van der Waals surface area contributed by atoms with Crippen molar-refractivity contribution >= 4 is 6.08 Å². The maximum atomic E-state index is 10.6. The zero-order valence-corrected chi connectivity index (χ0v) is 14.0. The molecule has 2 nitrogen and oxygen atoms in total. The van der Waals surface area contributed by atoms with Gasteiger partial charge in [0, 0.05) is 17.7 Å². The quantitative estimate of drug-likeness (QED) is 0.865. The Bertz CT molecular complexity index is 452. The van der Waals surface area contributed by atoms with Crippen LogP contribution >= 0.6 is 0 Å². The van der Waals surface area contributed by atoms with Crippen LogP contribution in [0.1, 0.15) is 58.2 Å². The molecule has 2 heteroatoms. The number of likely N-dealkylation sites (N-methyl/N-ethyl adjacent to an activating group) is 1. The highest BCUT2D eigenvalue weighted by Crippen LogP contribution is 2.39. The van der Waals surface area contributed by atoms with Crippen molar-refractivity contribution in [3.8, 4) is 5.75 Å². The standard InChI is InChI=1S/C18H29NO/c1-17(2,3)14-11-13(9-8-10-19-7)12-15(16(14)20)18(4,5)6/h8-9,11-12,19-20H,10H2,1-7H3. The summed E-state index contributed by atoms with van der Waals surface area (Å²) in [5.41, 5.74) is 3.02. The van der Waals surface area contributed by atoms with Crippen LogP contribution in [0.15, 0.2) is 18.2 Å². The number of nitrogens with one attached hydrogen (secondary N) is 1. The average Bonchev–Trinajstić information content (AvgIpc) is 2.28. The maximum absolute atomic E-state index is 10.6. The third-order valence-electron chi connectivity index (χ3n) is 3.38. The Hall–Kier alpha value is -1.28. The van der Waals surface area contributed by atoms with Crippen molar-refractivity contribution < 1.29 is 5.11 Å². The lowest BCUT2D eigenvalue weighted by atomic mass is 9.78. The molecular weight excluding hydrogens is 246 g/mol. The van der Waals surface area contributed by atoms with E-state index in [0.29, 0.717) is 5.75 Å². The number of aromatic hydroxyl groups is 1. The lowest BCUT2D eigenvalue weighted by Crippen LogP contribution is -2.17. The lowest BCUT2D eigenvalue weighted by molar-refractivity contribution is 0.423. The minimum atomic E-state index is -0.0725. The minimum absolute atomic E-state index is 0.0725. The summed E-state index contributed by atoms with van der Waals surface area (Å²) in [4.78, 5) is 0. The topological polar surface area (TPSA) is 32.3 Å². The zero-order valence-electron chi connectivity index (χ0n) is 14.0. The van der Waals surface area contributed by atoms with E-state index in [4.69, 9.17) is 0 Å². The van der Waals surface area contributed by atoms with Crippen LogP contribution in [-0.4, -0.2) is 18.7 Å². The third-order valence-corrected chi connectivity index (χ3v) is 3.38. The van der Waals surface area contributed by atoms with Crippen molar-refractivity contribution in [1.82, 2.24) is 5.32 Å². The summed E-state index contributed by atoms with van der Waals surface area (Å²) in [6.07, 6.45) is 4.21. The third kappa shape index (κ3) is 4.11. The van der Waals surface area contributed by atoms with E-state index in [9.17, 15) is 5.11 Å². The number of phenols is 1. The molecule has 0 fully saturated rings. The number of hydrogen-bond donors (Lipinski definition) is 2. The predicted molar refractivity (Wildman–Crippen MR) is 88.5 cm³/mol. The van der Waals surface area contributed by atoms with Crippen LogP contribution in [0.4, 0.5) is 0 Å². The zero-order chi connectivity index (χ0) is 15.6. The highest BCUT2D eigenvalue weighted by molar-refractivity contribution is 5.59. The summed E-state index contributed by atoms with van der Waals surface area (Å²) >= 11 is 0. The summed E-state index contributed by atoms with van der Waals surface area (Å²) < 4.78 is 0. The smallest absolute Gasteiger partial charge is 0.123 e. The van der Waals surface area contributed by atoms with Crippen LogP contribution in [0.3, 0.4) is 0 Å². The fraction of sp³-hybridized carbons (Fsp3) is 0.556. The molecule has 0 spiro atoms. The summed E-state index contributed by atoms with van der Waals surface area (Å²) in [5, 5.41) is 13.7. The Morgan fingerprint density at radius 2 is 1.45 bits per heavy atom. The molecule has 0 atom stereocenters. The second-order valence-corrected chi connectivity index (χ2v) is 7.42. The van der Waals surface area contributed by atoms with Gasteiger partial charge >= 0.3 is 0 Å². The molecule has 0 aliphatic heterocycles. The molecule has 0 saturated heterocycles. The highest BCUT2D eigenvalue weighted by Gasteiger charge is 2.25. The van der Waals surface area contributed by atoms with Gasteiger partial charge in [-0.05, 0) is 35.6 Å². The van der Waals surface area contributed by atoms with E-state index >= 15 is 0 Å². The van der Waals surface area contributed by atoms with E-state index < -0.39 is 0 Å². The summed E-state index contributed by atoms with van der Waals surface area (Å²) in [5.74, 6) is 0.441. The van der Waals surface area contributed by atoms with Gasteiger partial charge in [0.15, 0.2) is 0 Å². The molecule has 0 heterocycles. The molecule has 1 rings (SSSR count). The van der Waals surface area contributed by atoms with Crippen LogP contribution in [0.5, 0.6) is 5.75 Å². The van der Waals surface area contributed by atoms with E-state index in [-0.39, 0.29) is 10.8 Å². The Morgan fingerprint density at radius 3 is 1.80 bits per heavy atom. The monoisotopic (exact) mass is 275 g/mol. The first kappa shape index (κ1) is 16.8. The Kier molecular flexibility index (Phi) is 5.04. The van der Waals surface area contributed by atoms with Gasteiger partial charge in [0.2, 0.25) is 0 Å². The van der Waals surface area contributed by atoms with Crippen molar-refractivity contribution in [2.45, 2.75) is 52.4 Å². The van der Waals surface area contributed by atoms with E-state index in [1.165, 1.54) is 0 Å². The molecule has 2 N–H and O–H groups in total. The van der Waals surface area contributed by atoms with Gasteiger partial charge in [-0.1, -0.05) is 53.7 Å². The van der Waals surface area contributed by atoms with E-state index in [1.807, 2.05) is 7.05 Å². The van der Waals surface area contributed by atoms with Crippen LogP contribution in [0, 0.1) is 0 Å². The van der Waals surface area contributed by atoms with Gasteiger partial charge in [-0.2, -0.15) is 0 Å². The Morgan fingerprint density at radius 1 is 1.00 bits per heavy atom. The van der Waals surface area contributed by atoms with Crippen molar-refractivity contribution in [2.24, 2.45) is 0 Å². The molecule has 112 valence electrons. The van der Waals surface area contributed by atoms with Crippen LogP contribution in [-0.2, 0) is 10.8 Å². The van der Waals surface area contributed by atoms with E-state index in [0.717, 1.165) is 23.2 Å². The van der Waals surface area contributed by atoms with Crippen molar-refractivity contribution in [3.05, 3.63) is 34.9 Å². The van der Waals surface area contributed by atoms with Gasteiger partial charge in [0.1, 0.15) is 5.75 Å². The SMILES string of the molecule is CNCC=Cc1cc(C(C)(C)C)c(O)c(C(C)(C)C)c1. The van der Waals surface area contributed by atoms with E-state index in [1.54, 1.807) is 0 Å². The predicted octanol–water partition coefficient (Wildman–Crippen LogP) is 4.22. The fourth-order valence-electron chi connectivity index (χ4n) is 2.21. The van der Waals surface area contributed by atoms with Gasteiger partial charge in [-0.15, -0.1) is 0 Å². The second-order valence-electron chi connectivity index (χ2n) is 7.42. The molecule has 0 saturated carbocycles. The van der Waals surface area contributed by atoms with Crippen LogP contribution in [0.2, 0.25) is 0 Å². The average molecular weight is 275 g/mol. The number of rotatable bonds is 3. The van der Waals surface area contributed by atoms with Crippen molar-refractivity contribution in [1.29, 1.82) is 0 Å². The molecular formula is C18H29NO.